The minimum absolute atomic E-state index is 0.104. The largest absolute Gasteiger partial charge is 0.472 e. The predicted octanol–water partition coefficient (Wildman–Crippen LogP) is 22.7. The van der Waals surface area contributed by atoms with Gasteiger partial charge in [-0.3, -0.25) is 37.3 Å². The maximum absolute atomic E-state index is 13.1. The Morgan fingerprint density at radius 3 is 0.792 bits per heavy atom. The molecule has 0 radical (unpaired) electrons. The zero-order valence-electron chi connectivity index (χ0n) is 62.7. The van der Waals surface area contributed by atoms with Crippen molar-refractivity contribution in [3.63, 3.8) is 0 Å². The maximum atomic E-state index is 13.1. The van der Waals surface area contributed by atoms with Crippen LogP contribution in [0.1, 0.15) is 401 Å². The molecule has 0 aliphatic carbocycles. The van der Waals surface area contributed by atoms with E-state index in [4.69, 9.17) is 37.0 Å². The zero-order chi connectivity index (χ0) is 70.7. The second kappa shape index (κ2) is 68.8. The molecule has 0 saturated heterocycles. The van der Waals surface area contributed by atoms with Gasteiger partial charge in [0.15, 0.2) is 12.2 Å². The molecule has 0 aliphatic heterocycles. The number of carbonyl (C=O) groups is 4. The summed E-state index contributed by atoms with van der Waals surface area (Å²) in [4.78, 5) is 72.5. The van der Waals surface area contributed by atoms with Crippen LogP contribution in [0.5, 0.6) is 0 Å². The van der Waals surface area contributed by atoms with Crippen LogP contribution in [0, 0.1) is 11.8 Å². The number of aliphatic hydroxyl groups is 1. The van der Waals surface area contributed by atoms with Crippen molar-refractivity contribution < 1.29 is 80.2 Å². The molecule has 0 aromatic rings. The Morgan fingerprint density at radius 2 is 0.531 bits per heavy atom. The number of rotatable bonds is 76. The van der Waals surface area contributed by atoms with Crippen LogP contribution in [0.3, 0.4) is 0 Å². The molecule has 0 fully saturated rings. The Labute approximate surface area is 588 Å². The molecular weight excluding hydrogens is 1260 g/mol. The van der Waals surface area contributed by atoms with Crippen molar-refractivity contribution in [3.8, 4) is 0 Å². The van der Waals surface area contributed by atoms with Crippen molar-refractivity contribution in [2.24, 2.45) is 11.8 Å². The number of hydrogen-bond donors (Lipinski definition) is 3. The standard InChI is InChI=1S/C77H150O17P2/c1-7-10-12-14-15-16-17-18-19-20-21-22-23-24-25-26-31-34-37-43-49-55-61-76(81)94-73(66-88-75(80)60-54-48-42-36-33-30-28-27-29-32-35-41-47-52-58-70(6)9-3)68-92-96(85,86)90-64-71(78)63-89-95(83,84)91-67-72(65-87-74(79)59-53-45-13-11-8-2)93-77(82)62-56-50-44-39-38-40-46-51-57-69(4)5/h69-73,78H,7-68H2,1-6H3,(H,83,84)(H,85,86)/t70?,71-,72+,73+/m0/s1. The third-order valence-corrected chi connectivity index (χ3v) is 20.2. The van der Waals surface area contributed by atoms with E-state index in [0.29, 0.717) is 25.7 Å². The van der Waals surface area contributed by atoms with Crippen LogP contribution in [-0.4, -0.2) is 96.7 Å². The average molecular weight is 1410 g/mol. The van der Waals surface area contributed by atoms with E-state index in [1.165, 1.54) is 212 Å². The first-order valence-corrected chi connectivity index (χ1v) is 43.0. The van der Waals surface area contributed by atoms with Gasteiger partial charge >= 0.3 is 39.5 Å². The van der Waals surface area contributed by atoms with Gasteiger partial charge in [-0.15, -0.1) is 0 Å². The first-order chi connectivity index (χ1) is 46.4. The van der Waals surface area contributed by atoms with Crippen LogP contribution >= 0.6 is 15.6 Å². The lowest BCUT2D eigenvalue weighted by Gasteiger charge is -2.21. The van der Waals surface area contributed by atoms with E-state index in [2.05, 4.69) is 41.5 Å². The highest BCUT2D eigenvalue weighted by Gasteiger charge is 2.30. The quantitative estimate of drug-likeness (QED) is 0.0222. The molecule has 0 spiro atoms. The number of aliphatic hydroxyl groups excluding tert-OH is 1. The molecule has 0 aromatic heterocycles. The summed E-state index contributed by atoms with van der Waals surface area (Å²) in [6.07, 6.45) is 57.5. The van der Waals surface area contributed by atoms with Crippen molar-refractivity contribution in [1.82, 2.24) is 0 Å². The van der Waals surface area contributed by atoms with Crippen molar-refractivity contribution in [2.45, 2.75) is 419 Å². The third kappa shape index (κ3) is 69.2. The minimum atomic E-state index is -4.96. The second-order valence-corrected chi connectivity index (χ2v) is 31.4. The van der Waals surface area contributed by atoms with E-state index < -0.39 is 97.5 Å². The molecule has 0 bridgehead atoms. The minimum Gasteiger partial charge on any atom is -0.462 e. The first-order valence-electron chi connectivity index (χ1n) is 40.0. The molecule has 570 valence electrons. The molecule has 0 amide bonds. The number of unbranched alkanes of at least 4 members (excludes halogenated alkanes) is 45. The van der Waals surface area contributed by atoms with Gasteiger partial charge in [0.1, 0.15) is 19.3 Å². The fourth-order valence-electron chi connectivity index (χ4n) is 11.8. The molecule has 0 rings (SSSR count). The number of hydrogen-bond acceptors (Lipinski definition) is 15. The normalized spacial score (nSPS) is 14.3. The molecular formula is C77H150O17P2. The molecule has 6 atom stereocenters. The lowest BCUT2D eigenvalue weighted by molar-refractivity contribution is -0.161. The van der Waals surface area contributed by atoms with Crippen LogP contribution in [-0.2, 0) is 65.4 Å². The molecule has 19 heteroatoms. The van der Waals surface area contributed by atoms with E-state index in [1.54, 1.807) is 0 Å². The number of phosphoric acid groups is 2. The van der Waals surface area contributed by atoms with Crippen molar-refractivity contribution in [3.05, 3.63) is 0 Å². The molecule has 17 nitrogen and oxygen atoms in total. The Bertz CT molecular complexity index is 1860. The monoisotopic (exact) mass is 1410 g/mol. The van der Waals surface area contributed by atoms with Crippen LogP contribution < -0.4 is 0 Å². The predicted molar refractivity (Wildman–Crippen MR) is 391 cm³/mol. The van der Waals surface area contributed by atoms with Crippen LogP contribution in [0.25, 0.3) is 0 Å². The van der Waals surface area contributed by atoms with E-state index in [9.17, 15) is 43.2 Å². The Morgan fingerprint density at radius 1 is 0.302 bits per heavy atom. The van der Waals surface area contributed by atoms with E-state index >= 15 is 0 Å². The van der Waals surface area contributed by atoms with Gasteiger partial charge in [-0.1, -0.05) is 350 Å². The van der Waals surface area contributed by atoms with Crippen LogP contribution in [0.4, 0.5) is 0 Å². The summed E-state index contributed by atoms with van der Waals surface area (Å²) in [5, 5.41) is 10.6. The Hall–Kier alpha value is -1.94. The fourth-order valence-corrected chi connectivity index (χ4v) is 13.4. The van der Waals surface area contributed by atoms with Gasteiger partial charge in [-0.05, 0) is 37.5 Å². The molecule has 0 saturated carbocycles. The van der Waals surface area contributed by atoms with Gasteiger partial charge in [-0.25, -0.2) is 9.13 Å². The molecule has 0 heterocycles. The molecule has 3 unspecified atom stereocenters. The number of phosphoric ester groups is 2. The summed E-state index contributed by atoms with van der Waals surface area (Å²) in [5.41, 5.74) is 0. The lowest BCUT2D eigenvalue weighted by Crippen LogP contribution is -2.30. The van der Waals surface area contributed by atoms with Gasteiger partial charge in [0.2, 0.25) is 0 Å². The lowest BCUT2D eigenvalue weighted by atomic mass is 9.99. The molecule has 0 aliphatic rings. The first kappa shape index (κ1) is 94.1. The van der Waals surface area contributed by atoms with Crippen LogP contribution in [0.15, 0.2) is 0 Å². The summed E-state index contributed by atoms with van der Waals surface area (Å²) >= 11 is 0. The molecule has 3 N–H and O–H groups in total. The summed E-state index contributed by atoms with van der Waals surface area (Å²) in [6, 6.07) is 0. The fraction of sp³-hybridized carbons (Fsp3) is 0.948. The smallest absolute Gasteiger partial charge is 0.462 e. The number of ether oxygens (including phenoxy) is 4. The Kier molecular flexibility index (Phi) is 67.4. The van der Waals surface area contributed by atoms with Gasteiger partial charge in [0.25, 0.3) is 0 Å². The average Bonchev–Trinajstić information content (AvgIpc) is 1.74. The summed E-state index contributed by atoms with van der Waals surface area (Å²) < 4.78 is 68.3. The van der Waals surface area contributed by atoms with Gasteiger partial charge in [0, 0.05) is 25.7 Å². The van der Waals surface area contributed by atoms with E-state index in [0.717, 1.165) is 108 Å². The topological polar surface area (TPSA) is 237 Å². The molecule has 0 aromatic carbocycles. The number of esters is 4. The highest BCUT2D eigenvalue weighted by molar-refractivity contribution is 7.47. The van der Waals surface area contributed by atoms with Crippen molar-refractivity contribution in [1.29, 1.82) is 0 Å². The third-order valence-electron chi connectivity index (χ3n) is 18.3. The van der Waals surface area contributed by atoms with E-state index in [-0.39, 0.29) is 25.7 Å². The highest BCUT2D eigenvalue weighted by atomic mass is 31.2. The van der Waals surface area contributed by atoms with E-state index in [1.807, 2.05) is 0 Å². The van der Waals surface area contributed by atoms with Gasteiger partial charge in [0.05, 0.1) is 26.4 Å². The number of carbonyl (C=O) groups excluding carboxylic acids is 4. The summed E-state index contributed by atoms with van der Waals surface area (Å²) in [7, 11) is -9.90. The van der Waals surface area contributed by atoms with Crippen LogP contribution in [0.2, 0.25) is 0 Å². The van der Waals surface area contributed by atoms with Gasteiger partial charge in [-0.2, -0.15) is 0 Å². The van der Waals surface area contributed by atoms with Crippen molar-refractivity contribution in [2.75, 3.05) is 39.6 Å². The highest BCUT2D eigenvalue weighted by Crippen LogP contribution is 2.45. The zero-order valence-corrected chi connectivity index (χ0v) is 64.5. The van der Waals surface area contributed by atoms with Crippen molar-refractivity contribution >= 4 is 39.5 Å². The second-order valence-electron chi connectivity index (χ2n) is 28.5. The summed E-state index contributed by atoms with van der Waals surface area (Å²) in [6.45, 7) is 9.51. The molecule has 96 heavy (non-hydrogen) atoms. The Balaban J connectivity index is 5.11. The SMILES string of the molecule is CCCCCCCCCCCCCCCCCCCCCCCCC(=O)O[C@H](COC(=O)CCCCCCCCCCCCCCCCC(C)CC)COP(=O)(O)OC[C@@H](O)COP(=O)(O)OC[C@@H](COC(=O)CCCCCCC)OC(=O)CCCCCCCCCCC(C)C. The summed E-state index contributed by atoms with van der Waals surface area (Å²) in [5.74, 6) is -0.561. The van der Waals surface area contributed by atoms with Gasteiger partial charge < -0.3 is 33.8 Å². The maximum Gasteiger partial charge on any atom is 0.472 e.